The molecule has 0 fully saturated rings. The first-order valence-electron chi connectivity index (χ1n) is 20.1. The van der Waals surface area contributed by atoms with Crippen molar-refractivity contribution < 1.29 is 0 Å². The lowest BCUT2D eigenvalue weighted by Gasteiger charge is -2.29. The van der Waals surface area contributed by atoms with Crippen molar-refractivity contribution in [2.24, 2.45) is 0 Å². The zero-order chi connectivity index (χ0) is 37.7. The Morgan fingerprint density at radius 3 is 1.88 bits per heavy atom. The minimum Gasteiger partial charge on any atom is -0.333 e. The molecule has 272 valence electrons. The van der Waals surface area contributed by atoms with Gasteiger partial charge in [0.1, 0.15) is 0 Å². The average molecular weight is 732 g/mol. The average Bonchev–Trinajstić information content (AvgIpc) is 3.80. The Hall–Kier alpha value is -7.10. The summed E-state index contributed by atoms with van der Waals surface area (Å²) < 4.78 is 2.43. The van der Waals surface area contributed by atoms with Crippen LogP contribution in [0.3, 0.4) is 0 Å². The van der Waals surface area contributed by atoms with E-state index < -0.39 is 0 Å². The summed E-state index contributed by atoms with van der Waals surface area (Å²) >= 11 is 0. The topological polar surface area (TPSA) is 11.4 Å². The summed E-state index contributed by atoms with van der Waals surface area (Å²) in [7, 11) is 0. The van der Waals surface area contributed by atoms with Crippen LogP contribution in [0.2, 0.25) is 0 Å². The second-order valence-corrected chi connectivity index (χ2v) is 15.2. The molecule has 0 saturated heterocycles. The third-order valence-electron chi connectivity index (χ3n) is 11.9. The molecular formula is C54H41N3. The number of nitrogens with zero attached hydrogens (tertiary/aromatic N) is 3. The first kappa shape index (κ1) is 33.3. The lowest BCUT2D eigenvalue weighted by atomic mass is 9.95. The molecule has 0 bridgehead atoms. The van der Waals surface area contributed by atoms with Gasteiger partial charge in [-0.15, -0.1) is 0 Å². The van der Waals surface area contributed by atoms with E-state index in [0.717, 1.165) is 36.3 Å². The van der Waals surface area contributed by atoms with Crippen LogP contribution in [-0.4, -0.2) is 10.6 Å². The van der Waals surface area contributed by atoms with Gasteiger partial charge < -0.3 is 14.4 Å². The summed E-state index contributed by atoms with van der Waals surface area (Å²) in [4.78, 5) is 4.89. The van der Waals surface area contributed by atoms with E-state index >= 15 is 0 Å². The molecule has 11 rings (SSSR count). The summed E-state index contributed by atoms with van der Waals surface area (Å²) in [6, 6.07) is 64.8. The predicted molar refractivity (Wildman–Crippen MR) is 240 cm³/mol. The number of aryl methyl sites for hydroxylation is 1. The molecule has 0 saturated carbocycles. The molecule has 57 heavy (non-hydrogen) atoms. The van der Waals surface area contributed by atoms with Crippen LogP contribution in [0.5, 0.6) is 0 Å². The van der Waals surface area contributed by atoms with Crippen molar-refractivity contribution in [3.05, 3.63) is 217 Å². The van der Waals surface area contributed by atoms with Crippen molar-refractivity contribution in [3.8, 4) is 27.9 Å². The highest BCUT2D eigenvalue weighted by atomic mass is 15.2. The van der Waals surface area contributed by atoms with E-state index in [-0.39, 0.29) is 0 Å². The molecule has 0 amide bonds. The number of benzene rings is 7. The van der Waals surface area contributed by atoms with E-state index in [1.807, 2.05) is 0 Å². The van der Waals surface area contributed by atoms with Crippen LogP contribution in [0.15, 0.2) is 200 Å². The Labute approximate surface area is 334 Å². The Balaban J connectivity index is 1.03. The van der Waals surface area contributed by atoms with Crippen LogP contribution in [-0.2, 0) is 6.42 Å². The molecule has 0 spiro atoms. The minimum absolute atomic E-state index is 0.313. The molecule has 8 aromatic rings. The fourth-order valence-corrected chi connectivity index (χ4v) is 9.30. The molecule has 1 atom stereocenters. The Kier molecular flexibility index (Phi) is 8.10. The number of aromatic nitrogens is 1. The molecule has 3 heteroatoms. The van der Waals surface area contributed by atoms with E-state index in [1.54, 1.807) is 0 Å². The van der Waals surface area contributed by atoms with Gasteiger partial charge >= 0.3 is 0 Å². The maximum atomic E-state index is 2.52. The van der Waals surface area contributed by atoms with E-state index in [0.29, 0.717) is 6.04 Å². The number of hydrogen-bond acceptors (Lipinski definition) is 2. The third-order valence-corrected chi connectivity index (χ3v) is 11.9. The summed E-state index contributed by atoms with van der Waals surface area (Å²) in [5.74, 6) is 0. The van der Waals surface area contributed by atoms with Gasteiger partial charge in [-0.1, -0.05) is 121 Å². The molecule has 1 aliphatic heterocycles. The van der Waals surface area contributed by atoms with Gasteiger partial charge in [0.05, 0.1) is 11.6 Å². The second-order valence-electron chi connectivity index (χ2n) is 15.2. The molecule has 0 N–H and O–H groups in total. The van der Waals surface area contributed by atoms with Crippen LogP contribution in [0.25, 0.3) is 50.5 Å². The summed E-state index contributed by atoms with van der Waals surface area (Å²) in [6.07, 6.45) is 14.6. The van der Waals surface area contributed by atoms with E-state index in [9.17, 15) is 0 Å². The zero-order valence-electron chi connectivity index (χ0n) is 31.7. The smallest absolute Gasteiger partial charge is 0.0632 e. The van der Waals surface area contributed by atoms with Crippen LogP contribution < -0.4 is 9.80 Å². The lowest BCUT2D eigenvalue weighted by molar-refractivity contribution is 0.829. The summed E-state index contributed by atoms with van der Waals surface area (Å²) in [6.45, 7) is 0. The number of rotatable bonds is 7. The molecule has 0 radical (unpaired) electrons. The molecule has 2 heterocycles. The molecule has 7 aromatic carbocycles. The van der Waals surface area contributed by atoms with Crippen molar-refractivity contribution in [3.63, 3.8) is 0 Å². The number of allylic oxidation sites excluding steroid dienone is 3. The summed E-state index contributed by atoms with van der Waals surface area (Å²) in [5, 5.41) is 1.35. The normalized spacial score (nSPS) is 15.3. The second kappa shape index (κ2) is 13.9. The van der Waals surface area contributed by atoms with Crippen molar-refractivity contribution in [1.82, 2.24) is 4.57 Å². The standard InChI is InChI=1S/C54H41N3/c1-3-15-42(16-4-1)55(43-17-5-2-6-18-43)46-36-40(38-27-31-44(32-28-38)56-51-23-11-7-19-47(51)48-20-8-12-24-52(48)56)35-41(37-46)39-29-33-45(34-30-39)57-53-25-13-9-21-49(53)50-22-10-14-26-54(50)57/h1-9,11-21,23,25-37,52H,10,22,24H2. The fraction of sp³-hybridized carbons (Fsp3) is 0.0741. The van der Waals surface area contributed by atoms with Gasteiger partial charge in [-0.3, -0.25) is 0 Å². The maximum absolute atomic E-state index is 2.52. The van der Waals surface area contributed by atoms with Gasteiger partial charge in [0.15, 0.2) is 0 Å². The number of anilines is 5. The lowest BCUT2D eigenvalue weighted by Crippen LogP contribution is -2.26. The third kappa shape index (κ3) is 5.74. The quantitative estimate of drug-likeness (QED) is 0.162. The highest BCUT2D eigenvalue weighted by Crippen LogP contribution is 2.48. The maximum Gasteiger partial charge on any atom is 0.0632 e. The highest BCUT2D eigenvalue weighted by Gasteiger charge is 2.34. The van der Waals surface area contributed by atoms with Gasteiger partial charge in [-0.05, 0) is 138 Å². The van der Waals surface area contributed by atoms with Crippen molar-refractivity contribution in [2.45, 2.75) is 25.3 Å². The predicted octanol–water partition coefficient (Wildman–Crippen LogP) is 14.3. The van der Waals surface area contributed by atoms with Crippen molar-refractivity contribution >= 4 is 51.0 Å². The van der Waals surface area contributed by atoms with E-state index in [4.69, 9.17) is 0 Å². The number of fused-ring (bicyclic) bond motifs is 6. The van der Waals surface area contributed by atoms with Crippen LogP contribution in [0, 0.1) is 0 Å². The van der Waals surface area contributed by atoms with Gasteiger partial charge in [-0.2, -0.15) is 0 Å². The van der Waals surface area contributed by atoms with E-state index in [2.05, 4.69) is 221 Å². The Morgan fingerprint density at radius 2 is 1.16 bits per heavy atom. The van der Waals surface area contributed by atoms with Crippen molar-refractivity contribution in [2.75, 3.05) is 9.80 Å². The van der Waals surface area contributed by atoms with Gasteiger partial charge in [0.25, 0.3) is 0 Å². The largest absolute Gasteiger partial charge is 0.333 e. The first-order chi connectivity index (χ1) is 28.3. The summed E-state index contributed by atoms with van der Waals surface area (Å²) in [5.41, 5.74) is 18.5. The van der Waals surface area contributed by atoms with Gasteiger partial charge in [-0.25, -0.2) is 0 Å². The molecule has 1 unspecified atom stereocenters. The molecule has 2 aliphatic carbocycles. The highest BCUT2D eigenvalue weighted by molar-refractivity contribution is 5.94. The first-order valence-corrected chi connectivity index (χ1v) is 20.1. The van der Waals surface area contributed by atoms with Crippen LogP contribution in [0.1, 0.15) is 29.7 Å². The van der Waals surface area contributed by atoms with Crippen LogP contribution in [0.4, 0.5) is 28.4 Å². The monoisotopic (exact) mass is 731 g/mol. The minimum atomic E-state index is 0.313. The SMILES string of the molecule is C1=CCC2C(=C1)c1ccccc1N2c1ccc(-c2cc(-c3ccc(-n4c5c(c6ccccc64)CCC=C5)cc3)cc(N(c3ccccc3)c3ccccc3)c2)cc1. The number of hydrogen-bond donors (Lipinski definition) is 0. The van der Waals surface area contributed by atoms with Gasteiger partial charge in [0, 0.05) is 50.8 Å². The Bertz CT molecular complexity index is 2820. The zero-order valence-corrected chi connectivity index (χ0v) is 31.7. The Morgan fingerprint density at radius 1 is 0.526 bits per heavy atom. The molecule has 3 aliphatic rings. The molecular weight excluding hydrogens is 691 g/mol. The van der Waals surface area contributed by atoms with Crippen LogP contribution >= 0.6 is 0 Å². The molecule has 3 nitrogen and oxygen atoms in total. The fourth-order valence-electron chi connectivity index (χ4n) is 9.30. The van der Waals surface area contributed by atoms with E-state index in [1.165, 1.54) is 72.6 Å². The van der Waals surface area contributed by atoms with Crippen molar-refractivity contribution in [1.29, 1.82) is 0 Å². The number of para-hydroxylation sites is 4. The van der Waals surface area contributed by atoms with Gasteiger partial charge in [0.2, 0.25) is 0 Å². The molecule has 1 aromatic heterocycles.